The summed E-state index contributed by atoms with van der Waals surface area (Å²) in [5.74, 6) is 4.98. The fraction of sp³-hybridized carbons (Fsp3) is 0.321. The van der Waals surface area contributed by atoms with Crippen LogP contribution in [0.25, 0.3) is 0 Å². The summed E-state index contributed by atoms with van der Waals surface area (Å²) < 4.78 is 75.7. The average Bonchev–Trinajstić information content (AvgIpc) is 2.94. The van der Waals surface area contributed by atoms with Crippen LogP contribution in [0.1, 0.15) is 25.0 Å². The van der Waals surface area contributed by atoms with E-state index in [2.05, 4.69) is 16.8 Å². The van der Waals surface area contributed by atoms with Gasteiger partial charge in [0.25, 0.3) is 0 Å². The molecule has 0 spiro atoms. The fourth-order valence-corrected chi connectivity index (χ4v) is 7.25. The summed E-state index contributed by atoms with van der Waals surface area (Å²) in [5.41, 5.74) is 1.21. The van der Waals surface area contributed by atoms with E-state index in [9.17, 15) is 26.3 Å². The second kappa shape index (κ2) is 12.0. The minimum Gasteiger partial charge on any atom is -0.487 e. The molecule has 3 aromatic rings. The summed E-state index contributed by atoms with van der Waals surface area (Å²) in [6, 6.07) is 11.8. The molecule has 2 aromatic carbocycles. The number of likely N-dealkylation sites (N-methyl/N-ethyl adjacent to an activating group) is 1. The van der Waals surface area contributed by atoms with Gasteiger partial charge < -0.3 is 9.84 Å². The molecule has 212 valence electrons. The molecule has 0 saturated heterocycles. The van der Waals surface area contributed by atoms with E-state index in [1.807, 2.05) is 0 Å². The highest BCUT2D eigenvalue weighted by Crippen LogP contribution is 2.34. The van der Waals surface area contributed by atoms with Gasteiger partial charge in [-0.15, -0.1) is 0 Å². The minimum atomic E-state index is -4.07. The van der Waals surface area contributed by atoms with Crippen molar-refractivity contribution in [1.82, 2.24) is 13.6 Å². The van der Waals surface area contributed by atoms with Crippen LogP contribution < -0.4 is 4.74 Å². The molecule has 0 aliphatic carbocycles. The lowest BCUT2D eigenvalue weighted by Crippen LogP contribution is -2.50. The molecular formula is C28H30FN3O6S2. The summed E-state index contributed by atoms with van der Waals surface area (Å²) >= 11 is 0. The van der Waals surface area contributed by atoms with Gasteiger partial charge in [-0.05, 0) is 61.5 Å². The number of hydrogen-bond donors (Lipinski definition) is 1. The van der Waals surface area contributed by atoms with Gasteiger partial charge in [-0.1, -0.05) is 18.8 Å². The highest BCUT2D eigenvalue weighted by atomic mass is 32.2. The lowest BCUT2D eigenvalue weighted by Gasteiger charge is -2.37. The predicted octanol–water partition coefficient (Wildman–Crippen LogP) is 2.71. The van der Waals surface area contributed by atoms with Crippen molar-refractivity contribution in [3.63, 3.8) is 0 Å². The molecule has 1 aliphatic heterocycles. The van der Waals surface area contributed by atoms with Crippen molar-refractivity contribution >= 4 is 20.0 Å². The molecule has 1 aliphatic rings. The normalized spacial score (nSPS) is 19.9. The third-order valence-electron chi connectivity index (χ3n) is 6.66. The molecule has 0 unspecified atom stereocenters. The van der Waals surface area contributed by atoms with Crippen LogP contribution in [0.4, 0.5) is 4.39 Å². The van der Waals surface area contributed by atoms with Crippen LogP contribution in [0.15, 0.2) is 76.8 Å². The first-order valence-electron chi connectivity index (χ1n) is 12.5. The monoisotopic (exact) mass is 587 g/mol. The molecule has 2 heterocycles. The van der Waals surface area contributed by atoms with Gasteiger partial charge >= 0.3 is 0 Å². The maximum atomic E-state index is 13.7. The Kier molecular flexibility index (Phi) is 8.92. The highest BCUT2D eigenvalue weighted by molar-refractivity contribution is 7.89. The summed E-state index contributed by atoms with van der Waals surface area (Å²) in [6.45, 7) is 2.83. The summed E-state index contributed by atoms with van der Waals surface area (Å²) in [7, 11) is -6.68. The van der Waals surface area contributed by atoms with Gasteiger partial charge in [-0.2, -0.15) is 8.61 Å². The lowest BCUT2D eigenvalue weighted by molar-refractivity contribution is 0.0904. The molecular weight excluding hydrogens is 557 g/mol. The Labute approximate surface area is 234 Å². The number of fused-ring (bicyclic) bond motifs is 1. The third-order valence-corrected chi connectivity index (χ3v) is 10.5. The Morgan fingerprint density at radius 1 is 1.12 bits per heavy atom. The van der Waals surface area contributed by atoms with Crippen LogP contribution in [0, 0.1) is 23.6 Å². The summed E-state index contributed by atoms with van der Waals surface area (Å²) in [4.78, 5) is 3.77. The van der Waals surface area contributed by atoms with Crippen LogP contribution in [-0.4, -0.2) is 74.4 Å². The van der Waals surface area contributed by atoms with E-state index >= 15 is 0 Å². The average molecular weight is 588 g/mol. The van der Waals surface area contributed by atoms with Crippen LogP contribution >= 0.6 is 0 Å². The van der Waals surface area contributed by atoms with E-state index in [0.717, 1.165) is 22.0 Å². The van der Waals surface area contributed by atoms with E-state index in [0.29, 0.717) is 5.56 Å². The third kappa shape index (κ3) is 6.35. The summed E-state index contributed by atoms with van der Waals surface area (Å²) in [5, 5.41) is 9.83. The molecule has 0 bridgehead atoms. The Bertz CT molecular complexity index is 1620. The standard InChI is InChI=1S/C28H30FN3O6S2/c1-20-17-32(21(2)19-33)40(36,37)28-11-6-23(5-4-22-12-14-30-15-13-22)16-26(28)38-27(20)18-31(3)39(34,35)25-9-7-24(29)8-10-25/h6-16,20-21,27,33H,17-19H2,1-3H3/t20-,21-,27+/m0/s1. The van der Waals surface area contributed by atoms with E-state index in [-0.39, 0.29) is 28.6 Å². The number of hydrogen-bond acceptors (Lipinski definition) is 7. The highest BCUT2D eigenvalue weighted by Gasteiger charge is 2.39. The van der Waals surface area contributed by atoms with Crippen molar-refractivity contribution in [2.75, 3.05) is 26.7 Å². The maximum absolute atomic E-state index is 13.7. The molecule has 3 atom stereocenters. The Morgan fingerprint density at radius 3 is 2.42 bits per heavy atom. The minimum absolute atomic E-state index is 0.0117. The van der Waals surface area contributed by atoms with E-state index in [1.54, 1.807) is 44.4 Å². The molecule has 0 amide bonds. The van der Waals surface area contributed by atoms with Gasteiger partial charge in [0, 0.05) is 49.1 Å². The largest absolute Gasteiger partial charge is 0.487 e. The molecule has 1 aromatic heterocycles. The van der Waals surface area contributed by atoms with E-state index in [4.69, 9.17) is 4.74 Å². The topological polar surface area (TPSA) is 117 Å². The molecule has 0 radical (unpaired) electrons. The fourth-order valence-electron chi connectivity index (χ4n) is 4.24. The molecule has 12 heteroatoms. The maximum Gasteiger partial charge on any atom is 0.247 e. The Morgan fingerprint density at radius 2 is 1.77 bits per heavy atom. The van der Waals surface area contributed by atoms with Gasteiger partial charge in [0.05, 0.1) is 18.0 Å². The van der Waals surface area contributed by atoms with Crippen LogP contribution in [-0.2, 0) is 20.0 Å². The Balaban J connectivity index is 1.74. The number of halogens is 1. The van der Waals surface area contributed by atoms with Gasteiger partial charge in [-0.25, -0.2) is 21.2 Å². The van der Waals surface area contributed by atoms with Crippen LogP contribution in [0.3, 0.4) is 0 Å². The number of nitrogens with zero attached hydrogens (tertiary/aromatic N) is 3. The lowest BCUT2D eigenvalue weighted by atomic mass is 10.0. The van der Waals surface area contributed by atoms with Gasteiger partial charge in [0.15, 0.2) is 0 Å². The molecule has 1 N–H and O–H groups in total. The number of rotatable bonds is 6. The zero-order valence-corrected chi connectivity index (χ0v) is 23.9. The van der Waals surface area contributed by atoms with Gasteiger partial charge in [-0.3, -0.25) is 4.98 Å². The first-order chi connectivity index (χ1) is 18.9. The summed E-state index contributed by atoms with van der Waals surface area (Å²) in [6.07, 6.45) is 2.45. The van der Waals surface area contributed by atoms with Crippen molar-refractivity contribution in [3.05, 3.63) is 83.9 Å². The molecule has 0 fully saturated rings. The second-order valence-corrected chi connectivity index (χ2v) is 13.5. The number of aliphatic hydroxyl groups excluding tert-OH is 1. The van der Waals surface area contributed by atoms with Crippen molar-refractivity contribution in [2.24, 2.45) is 5.92 Å². The van der Waals surface area contributed by atoms with Gasteiger partial charge in [0.1, 0.15) is 22.6 Å². The molecule has 40 heavy (non-hydrogen) atoms. The second-order valence-electron chi connectivity index (χ2n) is 9.63. The smallest absolute Gasteiger partial charge is 0.247 e. The van der Waals surface area contributed by atoms with Crippen molar-refractivity contribution in [2.45, 2.75) is 35.8 Å². The van der Waals surface area contributed by atoms with Crippen molar-refractivity contribution < 1.29 is 31.1 Å². The van der Waals surface area contributed by atoms with Crippen LogP contribution in [0.5, 0.6) is 5.75 Å². The zero-order chi connectivity index (χ0) is 29.1. The first kappa shape index (κ1) is 29.6. The van der Waals surface area contributed by atoms with Crippen LogP contribution in [0.2, 0.25) is 0 Å². The zero-order valence-electron chi connectivity index (χ0n) is 22.2. The number of sulfonamides is 2. The SMILES string of the molecule is C[C@H]1CN([C@@H](C)CO)S(=O)(=O)c2ccc(C#Cc3ccncc3)cc2O[C@@H]1CN(C)S(=O)(=O)c1ccc(F)cc1. The molecule has 9 nitrogen and oxygen atoms in total. The number of aromatic nitrogens is 1. The quantitative estimate of drug-likeness (QED) is 0.441. The number of benzene rings is 2. The number of aliphatic hydroxyl groups is 1. The van der Waals surface area contributed by atoms with E-state index in [1.165, 1.54) is 35.6 Å². The van der Waals surface area contributed by atoms with Crippen molar-refractivity contribution in [1.29, 1.82) is 0 Å². The molecule has 0 saturated carbocycles. The van der Waals surface area contributed by atoms with Crippen molar-refractivity contribution in [3.8, 4) is 17.6 Å². The number of ether oxygens (including phenoxy) is 1. The first-order valence-corrected chi connectivity index (χ1v) is 15.4. The number of pyridine rings is 1. The predicted molar refractivity (Wildman–Crippen MR) is 147 cm³/mol. The Hall–Kier alpha value is -3.34. The molecule has 4 rings (SSSR count). The van der Waals surface area contributed by atoms with Gasteiger partial charge in [0.2, 0.25) is 20.0 Å². The van der Waals surface area contributed by atoms with E-state index < -0.39 is 50.5 Å².